The smallest absolute Gasteiger partial charge is 0.340 e. The van der Waals surface area contributed by atoms with Gasteiger partial charge in [0.05, 0.1) is 20.3 Å². The van der Waals surface area contributed by atoms with Crippen LogP contribution in [0.15, 0.2) is 30.3 Å². The Balaban J connectivity index is 2.21. The summed E-state index contributed by atoms with van der Waals surface area (Å²) in [4.78, 5) is 16.1. The summed E-state index contributed by atoms with van der Waals surface area (Å²) in [6.45, 7) is 0.681. The molecule has 1 heterocycles. The third-order valence-corrected chi connectivity index (χ3v) is 2.70. The molecule has 0 bridgehead atoms. The maximum absolute atomic E-state index is 11.0. The Morgan fingerprint density at radius 3 is 3.06 bits per heavy atom. The quantitative estimate of drug-likeness (QED) is 0.601. The highest BCUT2D eigenvalue weighted by molar-refractivity contribution is 6.62. The topological polar surface area (TPSA) is 38.8 Å². The summed E-state index contributed by atoms with van der Waals surface area (Å²) in [6.07, 6.45) is 1.92. The van der Waals surface area contributed by atoms with Crippen LogP contribution in [0.2, 0.25) is 0 Å². The molecule has 0 aromatic heterocycles. The Bertz CT molecular complexity index is 459. The highest BCUT2D eigenvalue weighted by Crippen LogP contribution is 2.23. The molecule has 2 rings (SSSR count). The lowest BCUT2D eigenvalue weighted by molar-refractivity contribution is -0.0924. The fourth-order valence-electron chi connectivity index (χ4n) is 1.64. The van der Waals surface area contributed by atoms with Crippen LogP contribution in [0, 0.1) is 0 Å². The van der Waals surface area contributed by atoms with E-state index < -0.39 is 5.37 Å². The first-order valence-electron chi connectivity index (χ1n) is 5.14. The van der Waals surface area contributed by atoms with E-state index in [-0.39, 0.29) is 0 Å². The summed E-state index contributed by atoms with van der Waals surface area (Å²) in [7, 11) is 1.62. The van der Waals surface area contributed by atoms with Crippen LogP contribution in [-0.4, -0.2) is 30.7 Å². The number of hydrogen-bond acceptors (Lipinski definition) is 3. The van der Waals surface area contributed by atoms with Crippen molar-refractivity contribution in [2.75, 3.05) is 20.3 Å². The van der Waals surface area contributed by atoms with Gasteiger partial charge in [0.25, 0.3) is 0 Å². The summed E-state index contributed by atoms with van der Waals surface area (Å²) < 4.78 is 5.15. The number of rotatable bonds is 2. The van der Waals surface area contributed by atoms with Crippen LogP contribution in [0.4, 0.5) is 4.79 Å². The molecule has 1 aliphatic rings. The minimum atomic E-state index is -0.613. The van der Waals surface area contributed by atoms with Crippen LogP contribution in [0.5, 0.6) is 5.75 Å². The second-order valence-electron chi connectivity index (χ2n) is 3.55. The summed E-state index contributed by atoms with van der Waals surface area (Å²) >= 11 is 5.38. The van der Waals surface area contributed by atoms with Crippen LogP contribution >= 0.6 is 11.6 Å². The molecule has 0 aliphatic carbocycles. The zero-order chi connectivity index (χ0) is 12.3. The predicted molar refractivity (Wildman–Crippen MR) is 64.9 cm³/mol. The van der Waals surface area contributed by atoms with Crippen LogP contribution in [-0.2, 0) is 4.84 Å². The molecule has 0 spiro atoms. The molecule has 4 nitrogen and oxygen atoms in total. The molecule has 1 aliphatic heterocycles. The number of methoxy groups -OCH3 is 1. The maximum atomic E-state index is 11.0. The molecule has 0 fully saturated rings. The summed E-state index contributed by atoms with van der Waals surface area (Å²) in [6, 6.07) is 7.63. The van der Waals surface area contributed by atoms with E-state index in [9.17, 15) is 4.79 Å². The fourth-order valence-corrected chi connectivity index (χ4v) is 1.75. The molecule has 0 saturated heterocycles. The van der Waals surface area contributed by atoms with Crippen molar-refractivity contribution < 1.29 is 14.4 Å². The number of benzene rings is 1. The molecular weight excluding hydrogens is 242 g/mol. The van der Waals surface area contributed by atoms with Crippen LogP contribution in [0.1, 0.15) is 5.56 Å². The van der Waals surface area contributed by atoms with Crippen molar-refractivity contribution in [1.82, 2.24) is 5.06 Å². The van der Waals surface area contributed by atoms with E-state index in [1.807, 2.05) is 30.3 Å². The standard InChI is InChI=1S/C12H12ClNO3/c1-16-11-4-2-3-9(7-11)10-5-6-17-14(8-10)12(13)15/h2-5,7H,6,8H2,1H3. The predicted octanol–water partition coefficient (Wildman–Crippen LogP) is 2.68. The fraction of sp³-hybridized carbons (Fsp3) is 0.250. The Morgan fingerprint density at radius 2 is 2.35 bits per heavy atom. The van der Waals surface area contributed by atoms with Gasteiger partial charge in [-0.3, -0.25) is 9.63 Å². The van der Waals surface area contributed by atoms with Gasteiger partial charge in [0.1, 0.15) is 5.75 Å². The van der Waals surface area contributed by atoms with Gasteiger partial charge in [-0.2, -0.15) is 0 Å². The molecule has 90 valence electrons. The molecule has 0 unspecified atom stereocenters. The van der Waals surface area contributed by atoms with E-state index in [1.54, 1.807) is 7.11 Å². The number of nitrogens with zero attached hydrogens (tertiary/aromatic N) is 1. The number of carbonyl (C=O) groups is 1. The molecule has 0 N–H and O–H groups in total. The van der Waals surface area contributed by atoms with Crippen molar-refractivity contribution in [3.05, 3.63) is 35.9 Å². The molecule has 17 heavy (non-hydrogen) atoms. The van der Waals surface area contributed by atoms with Crippen molar-refractivity contribution >= 4 is 22.5 Å². The van der Waals surface area contributed by atoms with Crippen LogP contribution in [0.25, 0.3) is 5.57 Å². The summed E-state index contributed by atoms with van der Waals surface area (Å²) in [5.41, 5.74) is 1.99. The average Bonchev–Trinajstić information content (AvgIpc) is 2.39. The lowest BCUT2D eigenvalue weighted by atomic mass is 10.0. The zero-order valence-electron chi connectivity index (χ0n) is 9.35. The van der Waals surface area contributed by atoms with Gasteiger partial charge in [-0.05, 0) is 34.9 Å². The average molecular weight is 254 g/mol. The van der Waals surface area contributed by atoms with Gasteiger partial charge < -0.3 is 4.74 Å². The van der Waals surface area contributed by atoms with Crippen molar-refractivity contribution in [3.63, 3.8) is 0 Å². The number of amides is 1. The van der Waals surface area contributed by atoms with E-state index in [0.29, 0.717) is 13.2 Å². The monoisotopic (exact) mass is 253 g/mol. The number of carbonyl (C=O) groups excluding carboxylic acids is 1. The van der Waals surface area contributed by atoms with E-state index in [0.717, 1.165) is 21.9 Å². The van der Waals surface area contributed by atoms with Gasteiger partial charge >= 0.3 is 5.37 Å². The van der Waals surface area contributed by atoms with Crippen molar-refractivity contribution in [2.24, 2.45) is 0 Å². The molecule has 0 radical (unpaired) electrons. The van der Waals surface area contributed by atoms with Crippen LogP contribution in [0.3, 0.4) is 0 Å². The normalized spacial score (nSPS) is 15.4. The van der Waals surface area contributed by atoms with Gasteiger partial charge in [-0.15, -0.1) is 0 Å². The number of ether oxygens (including phenoxy) is 1. The van der Waals surface area contributed by atoms with E-state index in [2.05, 4.69) is 0 Å². The van der Waals surface area contributed by atoms with Gasteiger partial charge in [-0.1, -0.05) is 18.2 Å². The zero-order valence-corrected chi connectivity index (χ0v) is 10.1. The van der Waals surface area contributed by atoms with E-state index >= 15 is 0 Å². The van der Waals surface area contributed by atoms with E-state index in [4.69, 9.17) is 21.2 Å². The molecule has 5 heteroatoms. The van der Waals surface area contributed by atoms with Gasteiger partial charge in [0, 0.05) is 0 Å². The van der Waals surface area contributed by atoms with Gasteiger partial charge in [-0.25, -0.2) is 5.06 Å². The molecule has 0 atom stereocenters. The van der Waals surface area contributed by atoms with Crippen molar-refractivity contribution in [1.29, 1.82) is 0 Å². The lowest BCUT2D eigenvalue weighted by Gasteiger charge is -2.24. The summed E-state index contributed by atoms with van der Waals surface area (Å²) in [5.74, 6) is 0.777. The van der Waals surface area contributed by atoms with Crippen molar-refractivity contribution in [2.45, 2.75) is 0 Å². The molecule has 1 amide bonds. The van der Waals surface area contributed by atoms with Crippen molar-refractivity contribution in [3.8, 4) is 5.75 Å². The molecule has 1 aromatic rings. The largest absolute Gasteiger partial charge is 0.497 e. The molecule has 0 saturated carbocycles. The highest BCUT2D eigenvalue weighted by atomic mass is 35.5. The number of hydroxylamine groups is 2. The highest BCUT2D eigenvalue weighted by Gasteiger charge is 2.18. The third kappa shape index (κ3) is 2.78. The first kappa shape index (κ1) is 12.0. The number of halogens is 1. The first-order chi connectivity index (χ1) is 8.20. The Morgan fingerprint density at radius 1 is 1.53 bits per heavy atom. The van der Waals surface area contributed by atoms with E-state index in [1.165, 1.54) is 0 Å². The van der Waals surface area contributed by atoms with Crippen LogP contribution < -0.4 is 4.74 Å². The van der Waals surface area contributed by atoms with Gasteiger partial charge in [0.15, 0.2) is 0 Å². The lowest BCUT2D eigenvalue weighted by Crippen LogP contribution is -2.31. The van der Waals surface area contributed by atoms with Gasteiger partial charge in [0.2, 0.25) is 0 Å². The second-order valence-corrected chi connectivity index (χ2v) is 3.87. The first-order valence-corrected chi connectivity index (χ1v) is 5.52. The molecular formula is C12H12ClNO3. The SMILES string of the molecule is COc1cccc(C2=CCON(C(=O)Cl)C2)c1. The maximum Gasteiger partial charge on any atom is 0.340 e. The Hall–Kier alpha value is -1.52. The Labute approximate surface area is 104 Å². The second kappa shape index (κ2) is 5.21. The number of hydrogen-bond donors (Lipinski definition) is 0. The summed E-state index contributed by atoms with van der Waals surface area (Å²) in [5, 5.41) is 0.523. The Kier molecular flexibility index (Phi) is 3.66. The minimum absolute atomic E-state index is 0.338. The molecule has 1 aromatic carbocycles. The minimum Gasteiger partial charge on any atom is -0.497 e. The third-order valence-electron chi connectivity index (χ3n) is 2.51.